The smallest absolute Gasteiger partial charge is 0.0677 e. The van der Waals surface area contributed by atoms with E-state index in [0.717, 1.165) is 12.5 Å². The second-order valence-corrected chi connectivity index (χ2v) is 8.17. The summed E-state index contributed by atoms with van der Waals surface area (Å²) in [5.74, 6) is 1.63. The van der Waals surface area contributed by atoms with Gasteiger partial charge >= 0.3 is 0 Å². The van der Waals surface area contributed by atoms with Gasteiger partial charge in [-0.25, -0.2) is 0 Å². The van der Waals surface area contributed by atoms with Crippen molar-refractivity contribution < 1.29 is 4.74 Å². The van der Waals surface area contributed by atoms with Crippen LogP contribution in [0, 0.1) is 11.8 Å². The molecule has 2 rings (SSSR count). The molecule has 0 aromatic rings. The van der Waals surface area contributed by atoms with Gasteiger partial charge in [0.2, 0.25) is 0 Å². The Morgan fingerprint density at radius 3 is 2.30 bits per heavy atom. The van der Waals surface area contributed by atoms with Crippen LogP contribution >= 0.6 is 0 Å². The van der Waals surface area contributed by atoms with Crippen LogP contribution in [0.15, 0.2) is 0 Å². The standard InChI is InChI=1S/C18H35NO/c1-6-19-16(12-11-14-9-7-8-10-14)15-13-17(2,3)20-18(15,4)5/h14-16,19H,6-13H2,1-5H3. The fraction of sp³-hybridized carbons (Fsp3) is 1.00. The third kappa shape index (κ3) is 3.98. The lowest BCUT2D eigenvalue weighted by atomic mass is 9.79. The van der Waals surface area contributed by atoms with Gasteiger partial charge in [-0.2, -0.15) is 0 Å². The van der Waals surface area contributed by atoms with Crippen molar-refractivity contribution in [3.8, 4) is 0 Å². The Bertz CT molecular complexity index is 305. The average molecular weight is 281 g/mol. The molecule has 0 amide bonds. The lowest BCUT2D eigenvalue weighted by Crippen LogP contribution is -2.44. The molecule has 2 nitrogen and oxygen atoms in total. The fourth-order valence-electron chi connectivity index (χ4n) is 4.65. The van der Waals surface area contributed by atoms with E-state index in [0.29, 0.717) is 12.0 Å². The number of hydrogen-bond donors (Lipinski definition) is 1. The summed E-state index contributed by atoms with van der Waals surface area (Å²) in [5.41, 5.74) is 0.0429. The largest absolute Gasteiger partial charge is 0.369 e. The van der Waals surface area contributed by atoms with Crippen molar-refractivity contribution in [2.24, 2.45) is 11.8 Å². The summed E-state index contributed by atoms with van der Waals surface area (Å²) in [6.45, 7) is 12.4. The van der Waals surface area contributed by atoms with Gasteiger partial charge < -0.3 is 10.1 Å². The minimum atomic E-state index is 0.00596. The molecule has 0 spiro atoms. The van der Waals surface area contributed by atoms with E-state index in [1.54, 1.807) is 0 Å². The first-order chi connectivity index (χ1) is 9.34. The molecule has 2 fully saturated rings. The van der Waals surface area contributed by atoms with Gasteiger partial charge in [0.25, 0.3) is 0 Å². The normalized spacial score (nSPS) is 30.8. The third-order valence-electron chi connectivity index (χ3n) is 5.46. The Morgan fingerprint density at radius 2 is 1.80 bits per heavy atom. The van der Waals surface area contributed by atoms with Crippen molar-refractivity contribution in [1.29, 1.82) is 0 Å². The zero-order valence-electron chi connectivity index (χ0n) is 14.3. The van der Waals surface area contributed by atoms with E-state index in [-0.39, 0.29) is 11.2 Å². The zero-order valence-corrected chi connectivity index (χ0v) is 14.3. The maximum absolute atomic E-state index is 6.31. The first-order valence-corrected chi connectivity index (χ1v) is 8.77. The van der Waals surface area contributed by atoms with Crippen LogP contribution in [0.25, 0.3) is 0 Å². The first kappa shape index (κ1) is 16.3. The van der Waals surface area contributed by atoms with Crippen molar-refractivity contribution in [2.75, 3.05) is 6.54 Å². The van der Waals surface area contributed by atoms with Gasteiger partial charge in [-0.3, -0.25) is 0 Å². The van der Waals surface area contributed by atoms with Gasteiger partial charge in [-0.1, -0.05) is 32.6 Å². The molecule has 20 heavy (non-hydrogen) atoms. The molecule has 2 atom stereocenters. The SMILES string of the molecule is CCNC(CCC1CCCC1)C1CC(C)(C)OC1(C)C. The van der Waals surface area contributed by atoms with Crippen molar-refractivity contribution in [3.63, 3.8) is 0 Å². The topological polar surface area (TPSA) is 21.3 Å². The lowest BCUT2D eigenvalue weighted by molar-refractivity contribution is -0.0780. The summed E-state index contributed by atoms with van der Waals surface area (Å²) in [7, 11) is 0. The van der Waals surface area contributed by atoms with Gasteiger partial charge in [0.1, 0.15) is 0 Å². The second kappa shape index (κ2) is 6.36. The van der Waals surface area contributed by atoms with Crippen LogP contribution in [0.2, 0.25) is 0 Å². The van der Waals surface area contributed by atoms with Gasteiger partial charge in [-0.15, -0.1) is 0 Å². The molecular formula is C18H35NO. The molecular weight excluding hydrogens is 246 g/mol. The predicted octanol–water partition coefficient (Wildman–Crippen LogP) is 4.53. The monoisotopic (exact) mass is 281 g/mol. The van der Waals surface area contributed by atoms with Crippen molar-refractivity contribution in [2.45, 2.75) is 96.8 Å². The molecule has 1 heterocycles. The van der Waals surface area contributed by atoms with E-state index >= 15 is 0 Å². The minimum absolute atomic E-state index is 0.00596. The maximum Gasteiger partial charge on any atom is 0.0677 e. The summed E-state index contributed by atoms with van der Waals surface area (Å²) < 4.78 is 6.31. The van der Waals surface area contributed by atoms with Gasteiger partial charge in [0.15, 0.2) is 0 Å². The molecule has 1 aliphatic carbocycles. The summed E-state index contributed by atoms with van der Waals surface area (Å²) in [6, 6.07) is 0.623. The zero-order chi connectivity index (χ0) is 14.8. The molecule has 1 saturated carbocycles. The summed E-state index contributed by atoms with van der Waals surface area (Å²) >= 11 is 0. The van der Waals surface area contributed by atoms with Crippen LogP contribution in [0.1, 0.15) is 79.6 Å². The van der Waals surface area contributed by atoms with Gasteiger partial charge in [-0.05, 0) is 59.4 Å². The Balaban J connectivity index is 1.96. The fourth-order valence-corrected chi connectivity index (χ4v) is 4.65. The third-order valence-corrected chi connectivity index (χ3v) is 5.46. The van der Waals surface area contributed by atoms with Crippen LogP contribution in [0.4, 0.5) is 0 Å². The molecule has 0 bridgehead atoms. The van der Waals surface area contributed by atoms with Crippen LogP contribution in [-0.2, 0) is 4.74 Å². The molecule has 1 N–H and O–H groups in total. The van der Waals surface area contributed by atoms with Gasteiger partial charge in [0.05, 0.1) is 11.2 Å². The van der Waals surface area contributed by atoms with E-state index in [4.69, 9.17) is 4.74 Å². The Morgan fingerprint density at radius 1 is 1.15 bits per heavy atom. The van der Waals surface area contributed by atoms with Crippen molar-refractivity contribution in [3.05, 3.63) is 0 Å². The highest BCUT2D eigenvalue weighted by atomic mass is 16.5. The lowest BCUT2D eigenvalue weighted by Gasteiger charge is -2.34. The summed E-state index contributed by atoms with van der Waals surface area (Å²) in [5, 5.41) is 3.76. The molecule has 2 unspecified atom stereocenters. The summed E-state index contributed by atoms with van der Waals surface area (Å²) in [6.07, 6.45) is 9.77. The van der Waals surface area contributed by atoms with E-state index < -0.39 is 0 Å². The number of ether oxygens (including phenoxy) is 1. The van der Waals surface area contributed by atoms with Crippen molar-refractivity contribution >= 4 is 0 Å². The highest BCUT2D eigenvalue weighted by molar-refractivity contribution is 4.99. The molecule has 0 aromatic heterocycles. The predicted molar refractivity (Wildman–Crippen MR) is 86.0 cm³/mol. The van der Waals surface area contributed by atoms with E-state index in [2.05, 4.69) is 39.9 Å². The highest BCUT2D eigenvalue weighted by Gasteiger charge is 2.48. The molecule has 118 valence electrons. The molecule has 2 aliphatic rings. The average Bonchev–Trinajstić information content (AvgIpc) is 2.90. The Hall–Kier alpha value is -0.0800. The minimum Gasteiger partial charge on any atom is -0.369 e. The first-order valence-electron chi connectivity index (χ1n) is 8.77. The molecule has 0 radical (unpaired) electrons. The number of rotatable bonds is 6. The van der Waals surface area contributed by atoms with E-state index in [1.165, 1.54) is 44.9 Å². The van der Waals surface area contributed by atoms with Gasteiger partial charge in [0, 0.05) is 12.0 Å². The molecule has 0 aromatic carbocycles. The van der Waals surface area contributed by atoms with Crippen LogP contribution in [0.3, 0.4) is 0 Å². The summed E-state index contributed by atoms with van der Waals surface area (Å²) in [4.78, 5) is 0. The molecule has 1 aliphatic heterocycles. The number of hydrogen-bond acceptors (Lipinski definition) is 2. The molecule has 1 saturated heterocycles. The quantitative estimate of drug-likeness (QED) is 0.772. The van der Waals surface area contributed by atoms with Crippen molar-refractivity contribution in [1.82, 2.24) is 5.32 Å². The van der Waals surface area contributed by atoms with Crippen LogP contribution < -0.4 is 5.32 Å². The Kier molecular flexibility index (Phi) is 5.18. The maximum atomic E-state index is 6.31. The Labute approximate surface area is 126 Å². The number of nitrogens with one attached hydrogen (secondary N) is 1. The molecule has 2 heteroatoms. The highest BCUT2D eigenvalue weighted by Crippen LogP contribution is 2.44. The van der Waals surface area contributed by atoms with Crippen LogP contribution in [0.5, 0.6) is 0 Å². The van der Waals surface area contributed by atoms with Crippen LogP contribution in [-0.4, -0.2) is 23.8 Å². The second-order valence-electron chi connectivity index (χ2n) is 8.17. The van der Waals surface area contributed by atoms with E-state index in [9.17, 15) is 0 Å². The van der Waals surface area contributed by atoms with E-state index in [1.807, 2.05) is 0 Å².